The Morgan fingerprint density at radius 2 is 2.14 bits per heavy atom. The molecule has 0 radical (unpaired) electrons. The molecule has 14 heavy (non-hydrogen) atoms. The Labute approximate surface area is 87.9 Å². The molecule has 0 aliphatic carbocycles. The first-order chi connectivity index (χ1) is 6.48. The van der Waals surface area contributed by atoms with Gasteiger partial charge in [-0.1, -0.05) is 0 Å². The highest BCUT2D eigenvalue weighted by Gasteiger charge is 2.31. The van der Waals surface area contributed by atoms with Crippen LogP contribution in [0.1, 0.15) is 30.6 Å². The zero-order valence-electron chi connectivity index (χ0n) is 8.33. The third-order valence-electron chi connectivity index (χ3n) is 2.28. The van der Waals surface area contributed by atoms with Gasteiger partial charge in [0, 0.05) is 27.3 Å². The highest BCUT2D eigenvalue weighted by Crippen LogP contribution is 2.42. The summed E-state index contributed by atoms with van der Waals surface area (Å²) in [5, 5.41) is 0. The lowest BCUT2D eigenvalue weighted by molar-refractivity contribution is 0.0967. The number of benzene rings is 1. The van der Waals surface area contributed by atoms with Crippen molar-refractivity contribution in [1.29, 1.82) is 0 Å². The predicted octanol–water partition coefficient (Wildman–Crippen LogP) is 2.73. The first kappa shape index (κ1) is 9.59. The molecule has 0 unspecified atom stereocenters. The number of ketones is 1. The summed E-state index contributed by atoms with van der Waals surface area (Å²) in [6, 6.07) is 5.56. The van der Waals surface area contributed by atoms with Crippen molar-refractivity contribution in [3.05, 3.63) is 23.8 Å². The minimum atomic E-state index is 0.0141. The normalized spacial score (nSPS) is 19.1. The number of nitrogens with two attached hydrogens (primary N) is 1. The highest BCUT2D eigenvalue weighted by molar-refractivity contribution is 8.00. The summed E-state index contributed by atoms with van der Waals surface area (Å²) in [6.45, 7) is 4.18. The Kier molecular flexibility index (Phi) is 2.07. The molecular formula is C11H13NOS. The van der Waals surface area contributed by atoms with Crippen LogP contribution in [-0.2, 0) is 0 Å². The molecule has 74 valence electrons. The number of rotatable bonds is 0. The van der Waals surface area contributed by atoms with Crippen molar-refractivity contribution < 1.29 is 4.79 Å². The molecule has 0 atom stereocenters. The molecular weight excluding hydrogens is 194 g/mol. The lowest BCUT2D eigenvalue weighted by Crippen LogP contribution is -2.25. The molecule has 3 heteroatoms. The van der Waals surface area contributed by atoms with Crippen LogP contribution in [0.15, 0.2) is 23.1 Å². The molecule has 1 heterocycles. The number of hydrogen-bond acceptors (Lipinski definition) is 3. The molecule has 1 aliphatic rings. The van der Waals surface area contributed by atoms with E-state index in [0.29, 0.717) is 12.1 Å². The van der Waals surface area contributed by atoms with Crippen LogP contribution in [-0.4, -0.2) is 10.5 Å². The maximum Gasteiger partial charge on any atom is 0.165 e. The van der Waals surface area contributed by atoms with Crippen molar-refractivity contribution in [3.8, 4) is 0 Å². The minimum Gasteiger partial charge on any atom is -0.399 e. The van der Waals surface area contributed by atoms with Crippen molar-refractivity contribution in [2.24, 2.45) is 0 Å². The van der Waals surface area contributed by atoms with Gasteiger partial charge in [0.2, 0.25) is 0 Å². The Morgan fingerprint density at radius 1 is 1.43 bits per heavy atom. The largest absolute Gasteiger partial charge is 0.399 e. The number of anilines is 1. The van der Waals surface area contributed by atoms with Crippen LogP contribution in [0.3, 0.4) is 0 Å². The number of Topliss-reactive ketones (excluding diaryl/α,β-unsaturated/α-hetero) is 1. The fraction of sp³-hybridized carbons (Fsp3) is 0.364. The van der Waals surface area contributed by atoms with E-state index in [4.69, 9.17) is 5.73 Å². The topological polar surface area (TPSA) is 43.1 Å². The van der Waals surface area contributed by atoms with E-state index in [-0.39, 0.29) is 10.5 Å². The summed E-state index contributed by atoms with van der Waals surface area (Å²) in [5.41, 5.74) is 7.10. The Balaban J connectivity index is 2.50. The van der Waals surface area contributed by atoms with Gasteiger partial charge in [-0.15, -0.1) is 11.8 Å². The van der Waals surface area contributed by atoms with E-state index >= 15 is 0 Å². The molecule has 1 aromatic carbocycles. The van der Waals surface area contributed by atoms with Crippen LogP contribution < -0.4 is 5.73 Å². The number of thioether (sulfide) groups is 1. The maximum atomic E-state index is 11.8. The maximum absolute atomic E-state index is 11.8. The molecule has 0 saturated heterocycles. The molecule has 0 fully saturated rings. The summed E-state index contributed by atoms with van der Waals surface area (Å²) in [4.78, 5) is 12.8. The second-order valence-corrected chi connectivity index (χ2v) is 5.97. The van der Waals surface area contributed by atoms with E-state index in [9.17, 15) is 4.79 Å². The molecule has 0 aromatic heterocycles. The standard InChI is InChI=1S/C11H13NOS/c1-11(2)6-9(13)8-5-7(12)3-4-10(8)14-11/h3-5H,6,12H2,1-2H3. The first-order valence-corrected chi connectivity index (χ1v) is 5.41. The summed E-state index contributed by atoms with van der Waals surface area (Å²) in [5.74, 6) is 0.205. The molecule has 0 spiro atoms. The van der Waals surface area contributed by atoms with E-state index in [1.165, 1.54) is 0 Å². The average Bonchev–Trinajstić information content (AvgIpc) is 2.05. The predicted molar refractivity (Wildman–Crippen MR) is 59.7 cm³/mol. The van der Waals surface area contributed by atoms with Gasteiger partial charge in [-0.25, -0.2) is 0 Å². The lowest BCUT2D eigenvalue weighted by Gasteiger charge is -2.29. The van der Waals surface area contributed by atoms with Gasteiger partial charge in [-0.2, -0.15) is 0 Å². The van der Waals surface area contributed by atoms with Crippen LogP contribution in [0.4, 0.5) is 5.69 Å². The lowest BCUT2D eigenvalue weighted by atomic mass is 9.99. The smallest absolute Gasteiger partial charge is 0.165 e. The van der Waals surface area contributed by atoms with Crippen molar-refractivity contribution in [2.75, 3.05) is 5.73 Å². The van der Waals surface area contributed by atoms with E-state index in [0.717, 1.165) is 10.5 Å². The molecule has 1 aromatic rings. The third kappa shape index (κ3) is 1.64. The summed E-state index contributed by atoms with van der Waals surface area (Å²) < 4.78 is 0.0141. The van der Waals surface area contributed by atoms with Crippen molar-refractivity contribution in [3.63, 3.8) is 0 Å². The van der Waals surface area contributed by atoms with E-state index in [1.54, 1.807) is 17.8 Å². The van der Waals surface area contributed by atoms with Gasteiger partial charge in [0.15, 0.2) is 5.78 Å². The van der Waals surface area contributed by atoms with E-state index in [1.807, 2.05) is 12.1 Å². The van der Waals surface area contributed by atoms with Gasteiger partial charge in [-0.05, 0) is 32.0 Å². The van der Waals surface area contributed by atoms with Crippen LogP contribution >= 0.6 is 11.8 Å². The minimum absolute atomic E-state index is 0.0141. The second kappa shape index (κ2) is 3.02. The first-order valence-electron chi connectivity index (χ1n) is 4.60. The van der Waals surface area contributed by atoms with Crippen LogP contribution in [0.5, 0.6) is 0 Å². The van der Waals surface area contributed by atoms with Crippen LogP contribution in [0.25, 0.3) is 0 Å². The number of carbonyl (C=O) groups excluding carboxylic acids is 1. The number of fused-ring (bicyclic) bond motifs is 1. The number of carbonyl (C=O) groups is 1. The average molecular weight is 207 g/mol. The molecule has 0 amide bonds. The van der Waals surface area contributed by atoms with Crippen molar-refractivity contribution in [2.45, 2.75) is 29.9 Å². The second-order valence-electron chi connectivity index (χ2n) is 4.22. The Morgan fingerprint density at radius 3 is 2.86 bits per heavy atom. The van der Waals surface area contributed by atoms with Gasteiger partial charge < -0.3 is 5.73 Å². The van der Waals surface area contributed by atoms with Crippen molar-refractivity contribution >= 4 is 23.2 Å². The molecule has 1 aliphatic heterocycles. The van der Waals surface area contributed by atoms with Gasteiger partial charge in [0.1, 0.15) is 0 Å². The highest BCUT2D eigenvalue weighted by atomic mass is 32.2. The Hall–Kier alpha value is -0.960. The molecule has 0 saturated carbocycles. The zero-order valence-corrected chi connectivity index (χ0v) is 9.15. The van der Waals surface area contributed by atoms with Gasteiger partial charge in [0.25, 0.3) is 0 Å². The monoisotopic (exact) mass is 207 g/mol. The molecule has 2 nitrogen and oxygen atoms in total. The summed E-state index contributed by atoms with van der Waals surface area (Å²) in [7, 11) is 0. The van der Waals surface area contributed by atoms with Gasteiger partial charge in [-0.3, -0.25) is 4.79 Å². The summed E-state index contributed by atoms with van der Waals surface area (Å²) >= 11 is 1.75. The fourth-order valence-corrected chi connectivity index (χ4v) is 2.89. The quantitative estimate of drug-likeness (QED) is 0.665. The number of hydrogen-bond donors (Lipinski definition) is 1. The zero-order chi connectivity index (χ0) is 10.3. The van der Waals surface area contributed by atoms with Crippen LogP contribution in [0, 0.1) is 0 Å². The molecule has 2 N–H and O–H groups in total. The molecule has 0 bridgehead atoms. The molecule has 2 rings (SSSR count). The van der Waals surface area contributed by atoms with Crippen molar-refractivity contribution in [1.82, 2.24) is 0 Å². The van der Waals surface area contributed by atoms with E-state index < -0.39 is 0 Å². The number of nitrogen functional groups attached to an aromatic ring is 1. The fourth-order valence-electron chi connectivity index (χ4n) is 1.67. The van der Waals surface area contributed by atoms with E-state index in [2.05, 4.69) is 13.8 Å². The van der Waals surface area contributed by atoms with Gasteiger partial charge in [0.05, 0.1) is 0 Å². The Bertz CT molecular complexity index is 398. The van der Waals surface area contributed by atoms with Gasteiger partial charge >= 0.3 is 0 Å². The van der Waals surface area contributed by atoms with Crippen LogP contribution in [0.2, 0.25) is 0 Å². The SMILES string of the molecule is CC1(C)CC(=O)c2cc(N)ccc2S1. The summed E-state index contributed by atoms with van der Waals surface area (Å²) in [6.07, 6.45) is 0.591. The third-order valence-corrected chi connectivity index (χ3v) is 3.55.